The Balaban J connectivity index is 2.63. The maximum absolute atomic E-state index is 12.6. The van der Waals surface area contributed by atoms with Gasteiger partial charge in [-0.05, 0) is 32.6 Å². The van der Waals surface area contributed by atoms with Crippen LogP contribution in [0.4, 0.5) is 0 Å². The molecule has 4 N–H and O–H groups in total. The predicted octanol–water partition coefficient (Wildman–Crippen LogP) is 0.228. The SMILES string of the molecule is CC(=O)C1CCN(C(=O)C(CCCCC(=N)N)NS(C)(=O)=O)CC1. The van der Waals surface area contributed by atoms with Crippen molar-refractivity contribution in [1.82, 2.24) is 9.62 Å². The molecule has 0 bridgehead atoms. The zero-order chi connectivity index (χ0) is 18.3. The number of amides is 1. The highest BCUT2D eigenvalue weighted by molar-refractivity contribution is 7.88. The number of likely N-dealkylation sites (tertiary alicyclic amines) is 1. The smallest absolute Gasteiger partial charge is 0.240 e. The number of ketones is 1. The zero-order valence-electron chi connectivity index (χ0n) is 14.4. The van der Waals surface area contributed by atoms with Gasteiger partial charge in [-0.25, -0.2) is 13.1 Å². The van der Waals surface area contributed by atoms with Crippen molar-refractivity contribution in [2.75, 3.05) is 19.3 Å². The minimum Gasteiger partial charge on any atom is -0.388 e. The van der Waals surface area contributed by atoms with E-state index in [0.29, 0.717) is 51.6 Å². The molecule has 138 valence electrons. The molecule has 8 nitrogen and oxygen atoms in total. The number of nitrogens with one attached hydrogen (secondary N) is 2. The van der Waals surface area contributed by atoms with Gasteiger partial charge in [-0.2, -0.15) is 0 Å². The average Bonchev–Trinajstić information content (AvgIpc) is 2.48. The summed E-state index contributed by atoms with van der Waals surface area (Å²) < 4.78 is 25.5. The van der Waals surface area contributed by atoms with E-state index >= 15 is 0 Å². The lowest BCUT2D eigenvalue weighted by molar-refractivity contribution is -0.136. The molecule has 0 saturated carbocycles. The van der Waals surface area contributed by atoms with Crippen molar-refractivity contribution < 1.29 is 18.0 Å². The van der Waals surface area contributed by atoms with Crippen LogP contribution in [0.1, 0.15) is 45.4 Å². The maximum Gasteiger partial charge on any atom is 0.240 e. The fourth-order valence-corrected chi connectivity index (χ4v) is 3.62. The normalized spacial score (nSPS) is 17.5. The number of Topliss-reactive ketones (excluding diaryl/α,β-unsaturated/α-hetero) is 1. The molecule has 1 aliphatic rings. The summed E-state index contributed by atoms with van der Waals surface area (Å²) in [5.41, 5.74) is 5.29. The molecule has 1 saturated heterocycles. The quantitative estimate of drug-likeness (QED) is 0.307. The van der Waals surface area contributed by atoms with Gasteiger partial charge in [0.05, 0.1) is 12.1 Å². The summed E-state index contributed by atoms with van der Waals surface area (Å²) in [5.74, 6) is -0.0337. The largest absolute Gasteiger partial charge is 0.388 e. The number of carbonyl (C=O) groups is 2. The lowest BCUT2D eigenvalue weighted by Crippen LogP contribution is -2.50. The molecule has 9 heteroatoms. The Labute approximate surface area is 143 Å². The summed E-state index contributed by atoms with van der Waals surface area (Å²) in [6.07, 6.45) is 4.31. The highest BCUT2D eigenvalue weighted by Crippen LogP contribution is 2.19. The van der Waals surface area contributed by atoms with Gasteiger partial charge in [-0.15, -0.1) is 0 Å². The molecule has 0 spiro atoms. The first kappa shape index (κ1) is 20.6. The zero-order valence-corrected chi connectivity index (χ0v) is 15.2. The summed E-state index contributed by atoms with van der Waals surface area (Å²) in [5, 5.41) is 7.19. The van der Waals surface area contributed by atoms with Crippen LogP contribution >= 0.6 is 0 Å². The van der Waals surface area contributed by atoms with Gasteiger partial charge < -0.3 is 10.6 Å². The summed E-state index contributed by atoms with van der Waals surface area (Å²) in [4.78, 5) is 25.7. The summed E-state index contributed by atoms with van der Waals surface area (Å²) >= 11 is 0. The molecular weight excluding hydrogens is 332 g/mol. The van der Waals surface area contributed by atoms with Gasteiger partial charge in [-0.1, -0.05) is 6.42 Å². The molecule has 0 aliphatic carbocycles. The average molecular weight is 360 g/mol. The first-order valence-corrected chi connectivity index (χ1v) is 10.1. The van der Waals surface area contributed by atoms with Gasteiger partial charge in [0, 0.05) is 25.4 Å². The van der Waals surface area contributed by atoms with Crippen molar-refractivity contribution >= 4 is 27.5 Å². The first-order valence-electron chi connectivity index (χ1n) is 8.19. The summed E-state index contributed by atoms with van der Waals surface area (Å²) in [7, 11) is -3.50. The fourth-order valence-electron chi connectivity index (χ4n) is 2.88. The van der Waals surface area contributed by atoms with Crippen LogP contribution < -0.4 is 10.5 Å². The van der Waals surface area contributed by atoms with Crippen LogP contribution in [-0.4, -0.2) is 56.2 Å². The second kappa shape index (κ2) is 9.12. The fraction of sp³-hybridized carbons (Fsp3) is 0.800. The van der Waals surface area contributed by atoms with E-state index in [1.165, 1.54) is 0 Å². The van der Waals surface area contributed by atoms with Crippen molar-refractivity contribution in [2.45, 2.75) is 51.5 Å². The first-order chi connectivity index (χ1) is 11.1. The summed E-state index contributed by atoms with van der Waals surface area (Å²) in [6, 6.07) is -0.805. The topological polar surface area (TPSA) is 133 Å². The lowest BCUT2D eigenvalue weighted by Gasteiger charge is -2.33. The molecular formula is C15H28N4O4S. The van der Waals surface area contributed by atoms with Crippen molar-refractivity contribution in [1.29, 1.82) is 5.41 Å². The van der Waals surface area contributed by atoms with Crippen LogP contribution in [0.25, 0.3) is 0 Å². The highest BCUT2D eigenvalue weighted by atomic mass is 32.2. The number of nitrogens with zero attached hydrogens (tertiary/aromatic N) is 1. The van der Waals surface area contributed by atoms with Gasteiger partial charge in [0.15, 0.2) is 0 Å². The molecule has 1 aliphatic heterocycles. The Morgan fingerprint density at radius 3 is 2.33 bits per heavy atom. The Bertz CT molecular complexity index is 568. The molecule has 0 radical (unpaired) electrons. The number of hydrogen-bond donors (Lipinski definition) is 3. The van der Waals surface area contributed by atoms with Gasteiger partial charge in [0.2, 0.25) is 15.9 Å². The van der Waals surface area contributed by atoms with E-state index in [0.717, 1.165) is 6.26 Å². The Morgan fingerprint density at radius 2 is 1.88 bits per heavy atom. The lowest BCUT2D eigenvalue weighted by atomic mass is 9.93. The summed E-state index contributed by atoms with van der Waals surface area (Å²) in [6.45, 7) is 2.50. The van der Waals surface area contributed by atoms with Gasteiger partial charge in [0.25, 0.3) is 0 Å². The molecule has 1 heterocycles. The van der Waals surface area contributed by atoms with Crippen molar-refractivity contribution in [3.8, 4) is 0 Å². The predicted molar refractivity (Wildman–Crippen MR) is 92.1 cm³/mol. The van der Waals surface area contributed by atoms with E-state index in [1.54, 1.807) is 11.8 Å². The second-order valence-electron chi connectivity index (χ2n) is 6.42. The Morgan fingerprint density at radius 1 is 1.29 bits per heavy atom. The molecule has 1 atom stereocenters. The van der Waals surface area contributed by atoms with Crippen LogP contribution in [-0.2, 0) is 19.6 Å². The molecule has 0 aromatic heterocycles. The van der Waals surface area contributed by atoms with Gasteiger partial charge in [0.1, 0.15) is 11.8 Å². The van der Waals surface area contributed by atoms with E-state index in [1.807, 2.05) is 0 Å². The number of piperidine rings is 1. The van der Waals surface area contributed by atoms with Crippen molar-refractivity contribution in [2.24, 2.45) is 11.7 Å². The van der Waals surface area contributed by atoms with Crippen molar-refractivity contribution in [3.05, 3.63) is 0 Å². The third-order valence-electron chi connectivity index (χ3n) is 4.22. The van der Waals surface area contributed by atoms with Crippen LogP contribution in [0.15, 0.2) is 0 Å². The second-order valence-corrected chi connectivity index (χ2v) is 8.20. The monoisotopic (exact) mass is 360 g/mol. The molecule has 1 unspecified atom stereocenters. The van der Waals surface area contributed by atoms with Gasteiger partial charge in [-0.3, -0.25) is 15.0 Å². The van der Waals surface area contributed by atoms with Crippen LogP contribution in [0.2, 0.25) is 0 Å². The van der Waals surface area contributed by atoms with E-state index in [2.05, 4.69) is 4.72 Å². The standard InChI is InChI=1S/C15H28N4O4S/c1-11(20)12-7-9-19(10-8-12)15(21)13(18-24(2,22)23)5-3-4-6-14(16)17/h12-13,18H,3-10H2,1-2H3,(H3,16,17). The van der Waals surface area contributed by atoms with Crippen LogP contribution in [0.5, 0.6) is 0 Å². The van der Waals surface area contributed by atoms with Gasteiger partial charge >= 0.3 is 0 Å². The van der Waals surface area contributed by atoms with E-state index in [4.69, 9.17) is 11.1 Å². The number of carbonyl (C=O) groups excluding carboxylic acids is 2. The minimum atomic E-state index is -3.50. The van der Waals surface area contributed by atoms with Crippen LogP contribution in [0, 0.1) is 11.3 Å². The number of sulfonamides is 1. The van der Waals surface area contributed by atoms with E-state index < -0.39 is 16.1 Å². The molecule has 1 fully saturated rings. The number of hydrogen-bond acceptors (Lipinski definition) is 5. The molecule has 24 heavy (non-hydrogen) atoms. The number of unbranched alkanes of at least 4 members (excludes halogenated alkanes) is 1. The third kappa shape index (κ3) is 7.39. The number of amidine groups is 1. The third-order valence-corrected chi connectivity index (χ3v) is 4.94. The van der Waals surface area contributed by atoms with Crippen molar-refractivity contribution in [3.63, 3.8) is 0 Å². The van der Waals surface area contributed by atoms with Crippen LogP contribution in [0.3, 0.4) is 0 Å². The van der Waals surface area contributed by atoms with E-state index in [-0.39, 0.29) is 23.4 Å². The van der Waals surface area contributed by atoms with E-state index in [9.17, 15) is 18.0 Å². The molecule has 1 rings (SSSR count). The number of nitrogens with two attached hydrogens (primary N) is 1. The minimum absolute atomic E-state index is 0.00839. The maximum atomic E-state index is 12.6. The molecule has 1 amide bonds. The molecule has 0 aromatic carbocycles. The highest BCUT2D eigenvalue weighted by Gasteiger charge is 2.30. The molecule has 0 aromatic rings. The number of rotatable bonds is 9. The Hall–Kier alpha value is -1.48. The Kier molecular flexibility index (Phi) is 7.82.